The molecule has 0 saturated carbocycles. The zero-order valence-electron chi connectivity index (χ0n) is 21.4. The van der Waals surface area contributed by atoms with Crippen molar-refractivity contribution < 1.29 is 9.53 Å². The molecule has 0 N–H and O–H groups in total. The van der Waals surface area contributed by atoms with E-state index < -0.39 is 0 Å². The molecule has 188 valence electrons. The van der Waals surface area contributed by atoms with Crippen molar-refractivity contribution in [2.24, 2.45) is 0 Å². The molecule has 3 aromatic rings. The Hall–Kier alpha value is -3.64. The highest BCUT2D eigenvalue weighted by Gasteiger charge is 2.27. The number of aromatic nitrogens is 1. The molecule has 2 aromatic carbocycles. The van der Waals surface area contributed by atoms with Gasteiger partial charge in [-0.25, -0.2) is 0 Å². The first kappa shape index (κ1) is 25.5. The minimum atomic E-state index is -0.187. The maximum Gasteiger partial charge on any atom is 0.259 e. The highest BCUT2D eigenvalue weighted by molar-refractivity contribution is 5.95. The van der Waals surface area contributed by atoms with Crippen LogP contribution in [0.4, 0.5) is 0 Å². The fraction of sp³-hybridized carbons (Fsp3) is 0.333. The van der Waals surface area contributed by atoms with Gasteiger partial charge in [-0.1, -0.05) is 61.5 Å². The van der Waals surface area contributed by atoms with E-state index in [1.54, 1.807) is 13.2 Å². The lowest BCUT2D eigenvalue weighted by atomic mass is 10.1. The molecular weight excluding hydrogens is 450 g/mol. The minimum absolute atomic E-state index is 0.153. The average molecular weight is 486 g/mol. The van der Waals surface area contributed by atoms with E-state index in [1.165, 1.54) is 5.56 Å². The van der Waals surface area contributed by atoms with Crippen molar-refractivity contribution in [3.8, 4) is 5.75 Å². The van der Waals surface area contributed by atoms with E-state index in [2.05, 4.69) is 33.8 Å². The average Bonchev–Trinajstić information content (AvgIpc) is 2.91. The van der Waals surface area contributed by atoms with Gasteiger partial charge in [0.2, 0.25) is 0 Å². The summed E-state index contributed by atoms with van der Waals surface area (Å²) in [5.41, 5.74) is 4.06. The second-order valence-electron chi connectivity index (χ2n) is 9.17. The Morgan fingerprint density at radius 1 is 1.00 bits per heavy atom. The maximum absolute atomic E-state index is 13.6. The molecule has 1 aromatic heterocycles. The number of benzene rings is 2. The molecule has 0 unspecified atom stereocenters. The molecule has 0 bridgehead atoms. The van der Waals surface area contributed by atoms with Gasteiger partial charge in [0.05, 0.1) is 7.11 Å². The number of hydrogen-bond acceptors (Lipinski definition) is 4. The number of piperazine rings is 1. The monoisotopic (exact) mass is 485 g/mol. The summed E-state index contributed by atoms with van der Waals surface area (Å²) in [7, 11) is 1.65. The minimum Gasteiger partial charge on any atom is -0.497 e. The van der Waals surface area contributed by atoms with Crippen molar-refractivity contribution in [1.29, 1.82) is 0 Å². The zero-order valence-corrected chi connectivity index (χ0v) is 21.4. The third kappa shape index (κ3) is 5.94. The molecule has 0 atom stereocenters. The number of hydrogen-bond donors (Lipinski definition) is 0. The summed E-state index contributed by atoms with van der Waals surface area (Å²) < 4.78 is 7.36. The van der Waals surface area contributed by atoms with Crippen LogP contribution in [0, 0.1) is 6.92 Å². The number of aryl methyl sites for hydroxylation is 1. The Balaban J connectivity index is 1.46. The standard InChI is InChI=1S/C30H35N3O3/c1-4-27-29(28(34)21-23(2)33(27)22-25-12-14-26(36-3)15-13-25)30(35)32-19-17-31(18-20-32)16-8-11-24-9-6-5-7-10-24/h5-15,21H,4,16-20,22H2,1-3H3/b11-8+. The zero-order chi connectivity index (χ0) is 25.5. The molecule has 2 heterocycles. The Kier molecular flexibility index (Phi) is 8.39. The first-order valence-corrected chi connectivity index (χ1v) is 12.6. The molecule has 36 heavy (non-hydrogen) atoms. The fourth-order valence-electron chi connectivity index (χ4n) is 4.75. The number of nitrogens with zero attached hydrogens (tertiary/aromatic N) is 3. The van der Waals surface area contributed by atoms with Crippen LogP contribution in [0.1, 0.15) is 39.8 Å². The van der Waals surface area contributed by atoms with Crippen molar-refractivity contribution in [2.75, 3.05) is 39.8 Å². The summed E-state index contributed by atoms with van der Waals surface area (Å²) in [4.78, 5) is 30.8. The van der Waals surface area contributed by atoms with Crippen LogP contribution in [-0.2, 0) is 13.0 Å². The molecule has 0 aliphatic carbocycles. The van der Waals surface area contributed by atoms with E-state index in [9.17, 15) is 9.59 Å². The highest BCUT2D eigenvalue weighted by Crippen LogP contribution is 2.18. The van der Waals surface area contributed by atoms with Crippen LogP contribution in [0.25, 0.3) is 6.08 Å². The normalized spacial score (nSPS) is 14.4. The van der Waals surface area contributed by atoms with Gasteiger partial charge >= 0.3 is 0 Å². The second-order valence-corrected chi connectivity index (χ2v) is 9.17. The van der Waals surface area contributed by atoms with E-state index in [-0.39, 0.29) is 11.3 Å². The van der Waals surface area contributed by atoms with Gasteiger partial charge in [-0.3, -0.25) is 14.5 Å². The fourth-order valence-corrected chi connectivity index (χ4v) is 4.75. The van der Waals surface area contributed by atoms with Crippen LogP contribution >= 0.6 is 0 Å². The van der Waals surface area contributed by atoms with E-state index in [4.69, 9.17) is 4.74 Å². The summed E-state index contributed by atoms with van der Waals surface area (Å²) >= 11 is 0. The number of rotatable bonds is 8. The summed E-state index contributed by atoms with van der Waals surface area (Å²) in [6, 6.07) is 19.7. The molecule has 0 spiro atoms. The van der Waals surface area contributed by atoms with Gasteiger partial charge in [-0.2, -0.15) is 0 Å². The Bertz CT molecular complexity index is 1260. The second kappa shape index (κ2) is 11.9. The maximum atomic E-state index is 13.6. The van der Waals surface area contributed by atoms with Crippen LogP contribution in [0.2, 0.25) is 0 Å². The summed E-state index contributed by atoms with van der Waals surface area (Å²) in [5, 5.41) is 0. The molecular formula is C30H35N3O3. The van der Waals surface area contributed by atoms with Gasteiger partial charge in [-0.15, -0.1) is 0 Å². The third-order valence-corrected chi connectivity index (χ3v) is 6.81. The van der Waals surface area contributed by atoms with Crippen LogP contribution in [0.3, 0.4) is 0 Å². The molecule has 0 radical (unpaired) electrons. The number of carbonyl (C=O) groups excluding carboxylic acids is 1. The van der Waals surface area contributed by atoms with E-state index >= 15 is 0 Å². The number of carbonyl (C=O) groups is 1. The summed E-state index contributed by atoms with van der Waals surface area (Å²) in [6.07, 6.45) is 4.90. The number of ether oxygens (including phenoxy) is 1. The molecule has 1 fully saturated rings. The first-order valence-electron chi connectivity index (χ1n) is 12.6. The van der Waals surface area contributed by atoms with Crippen LogP contribution in [0.5, 0.6) is 5.75 Å². The van der Waals surface area contributed by atoms with E-state index in [0.29, 0.717) is 31.6 Å². The van der Waals surface area contributed by atoms with Crippen molar-refractivity contribution in [3.63, 3.8) is 0 Å². The van der Waals surface area contributed by atoms with Crippen LogP contribution in [-0.4, -0.2) is 60.1 Å². The Morgan fingerprint density at radius 3 is 2.33 bits per heavy atom. The molecule has 6 heteroatoms. The van der Waals surface area contributed by atoms with Gasteiger partial charge in [0.1, 0.15) is 11.3 Å². The Morgan fingerprint density at radius 2 is 1.69 bits per heavy atom. The quantitative estimate of drug-likeness (QED) is 0.479. The molecule has 1 saturated heterocycles. The molecule has 1 amide bonds. The Labute approximate surface area is 213 Å². The number of methoxy groups -OCH3 is 1. The molecule has 4 rings (SSSR count). The van der Waals surface area contributed by atoms with Crippen molar-refractivity contribution in [3.05, 3.63) is 105 Å². The summed E-state index contributed by atoms with van der Waals surface area (Å²) in [6.45, 7) is 8.19. The lowest BCUT2D eigenvalue weighted by Crippen LogP contribution is -2.49. The topological polar surface area (TPSA) is 54.8 Å². The van der Waals surface area contributed by atoms with Gasteiger partial charge in [0, 0.05) is 56.7 Å². The van der Waals surface area contributed by atoms with Crippen molar-refractivity contribution >= 4 is 12.0 Å². The van der Waals surface area contributed by atoms with Crippen LogP contribution in [0.15, 0.2) is 71.5 Å². The smallest absolute Gasteiger partial charge is 0.259 e. The molecule has 6 nitrogen and oxygen atoms in total. The highest BCUT2D eigenvalue weighted by atomic mass is 16.5. The largest absolute Gasteiger partial charge is 0.497 e. The predicted molar refractivity (Wildman–Crippen MR) is 145 cm³/mol. The summed E-state index contributed by atoms with van der Waals surface area (Å²) in [5.74, 6) is 0.650. The van der Waals surface area contributed by atoms with Gasteiger partial charge < -0.3 is 14.2 Å². The third-order valence-electron chi connectivity index (χ3n) is 6.81. The SMILES string of the molecule is CCc1c(C(=O)N2CCN(C/C=C/c3ccccc3)CC2)c(=O)cc(C)n1Cc1ccc(OC)cc1. The number of pyridine rings is 1. The number of amides is 1. The van der Waals surface area contributed by atoms with Gasteiger partial charge in [-0.05, 0) is 36.6 Å². The first-order chi connectivity index (χ1) is 17.5. The van der Waals surface area contributed by atoms with Gasteiger partial charge in [0.25, 0.3) is 5.91 Å². The molecule has 1 aliphatic rings. The van der Waals surface area contributed by atoms with Crippen molar-refractivity contribution in [1.82, 2.24) is 14.4 Å². The predicted octanol–water partition coefficient (Wildman–Crippen LogP) is 4.25. The molecule has 1 aliphatic heterocycles. The lowest BCUT2D eigenvalue weighted by molar-refractivity contribution is 0.0646. The van der Waals surface area contributed by atoms with E-state index in [1.807, 2.05) is 61.2 Å². The van der Waals surface area contributed by atoms with Crippen LogP contribution < -0.4 is 10.2 Å². The van der Waals surface area contributed by atoms with E-state index in [0.717, 1.165) is 42.3 Å². The van der Waals surface area contributed by atoms with Gasteiger partial charge in [0.15, 0.2) is 5.43 Å². The van der Waals surface area contributed by atoms with Crippen molar-refractivity contribution in [2.45, 2.75) is 26.8 Å². The lowest BCUT2D eigenvalue weighted by Gasteiger charge is -2.34.